The second-order valence-corrected chi connectivity index (χ2v) is 3.02. The zero-order valence-electron chi connectivity index (χ0n) is 8.36. The average molecular weight is 183 g/mol. The van der Waals surface area contributed by atoms with E-state index >= 15 is 0 Å². The molecule has 0 amide bonds. The lowest BCUT2D eigenvalue weighted by molar-refractivity contribution is 0.193. The molecule has 0 aromatic carbocycles. The van der Waals surface area contributed by atoms with Gasteiger partial charge in [0, 0.05) is 26.5 Å². The van der Waals surface area contributed by atoms with E-state index < -0.39 is 0 Å². The molecule has 1 aromatic rings. The smallest absolute Gasteiger partial charge is 0.0827 e. The zero-order chi connectivity index (χ0) is 9.52. The van der Waals surface area contributed by atoms with E-state index in [4.69, 9.17) is 4.74 Å². The molecule has 0 N–H and O–H groups in total. The molecule has 0 saturated carbocycles. The first kappa shape index (κ1) is 10.2. The van der Waals surface area contributed by atoms with Crippen molar-refractivity contribution in [2.75, 3.05) is 13.7 Å². The van der Waals surface area contributed by atoms with Gasteiger partial charge in [-0.2, -0.15) is 0 Å². The number of ether oxygens (including phenoxy) is 1. The van der Waals surface area contributed by atoms with Crippen LogP contribution in [0, 0.1) is 0 Å². The van der Waals surface area contributed by atoms with Crippen molar-refractivity contribution >= 4 is 0 Å². The van der Waals surface area contributed by atoms with E-state index in [9.17, 15) is 0 Å². The first-order valence-corrected chi connectivity index (χ1v) is 4.74. The maximum atomic E-state index is 4.96. The summed E-state index contributed by atoms with van der Waals surface area (Å²) in [5.74, 6) is 0. The fourth-order valence-corrected chi connectivity index (χ4v) is 1.16. The molecule has 13 heavy (non-hydrogen) atoms. The van der Waals surface area contributed by atoms with E-state index in [0.29, 0.717) is 0 Å². The molecule has 0 aliphatic rings. The Bertz CT molecular complexity index is 235. The maximum absolute atomic E-state index is 4.96. The molecule has 0 aliphatic heterocycles. The predicted molar refractivity (Wildman–Crippen MR) is 50.5 cm³/mol. The molecule has 0 spiro atoms. The topological polar surface area (TPSA) is 39.9 Å². The highest BCUT2D eigenvalue weighted by atomic mass is 16.5. The highest BCUT2D eigenvalue weighted by Crippen LogP contribution is 2.00. The number of aromatic nitrogens is 3. The Morgan fingerprint density at radius 1 is 1.46 bits per heavy atom. The van der Waals surface area contributed by atoms with Gasteiger partial charge >= 0.3 is 0 Å². The molecular formula is C9H17N3O. The van der Waals surface area contributed by atoms with Crippen LogP contribution >= 0.6 is 0 Å². The fourth-order valence-electron chi connectivity index (χ4n) is 1.16. The van der Waals surface area contributed by atoms with Gasteiger partial charge in [0.1, 0.15) is 0 Å². The molecule has 4 nitrogen and oxygen atoms in total. The van der Waals surface area contributed by atoms with Crippen molar-refractivity contribution in [1.29, 1.82) is 0 Å². The van der Waals surface area contributed by atoms with Crippen LogP contribution in [0.2, 0.25) is 0 Å². The summed E-state index contributed by atoms with van der Waals surface area (Å²) in [4.78, 5) is 0. The van der Waals surface area contributed by atoms with E-state index in [-0.39, 0.29) is 0 Å². The minimum absolute atomic E-state index is 0.835. The van der Waals surface area contributed by atoms with Gasteiger partial charge in [-0.05, 0) is 26.2 Å². The third kappa shape index (κ3) is 3.55. The first-order chi connectivity index (χ1) is 6.36. The maximum Gasteiger partial charge on any atom is 0.0827 e. The lowest BCUT2D eigenvalue weighted by Gasteiger charge is -1.96. The first-order valence-electron chi connectivity index (χ1n) is 4.74. The molecule has 0 fully saturated rings. The summed E-state index contributed by atoms with van der Waals surface area (Å²) in [5.41, 5.74) is 1.08. The van der Waals surface area contributed by atoms with Crippen molar-refractivity contribution in [3.05, 3.63) is 11.9 Å². The molecule has 0 aliphatic carbocycles. The van der Waals surface area contributed by atoms with E-state index in [1.165, 1.54) is 0 Å². The Balaban J connectivity index is 2.20. The normalized spacial score (nSPS) is 10.6. The highest BCUT2D eigenvalue weighted by Gasteiger charge is 1.98. The van der Waals surface area contributed by atoms with Gasteiger partial charge in [-0.1, -0.05) is 5.21 Å². The molecule has 0 unspecified atom stereocenters. The van der Waals surface area contributed by atoms with Crippen LogP contribution in [0.25, 0.3) is 0 Å². The standard InChI is InChI=1S/C9H17N3O/c1-3-12-8-9(10-11-12)6-4-5-7-13-2/h8H,3-7H2,1-2H3. The van der Waals surface area contributed by atoms with Gasteiger partial charge in [0.05, 0.1) is 5.69 Å². The van der Waals surface area contributed by atoms with E-state index in [1.807, 2.05) is 10.9 Å². The molecule has 1 rings (SSSR count). The van der Waals surface area contributed by atoms with Gasteiger partial charge < -0.3 is 4.74 Å². The van der Waals surface area contributed by atoms with Crippen molar-refractivity contribution in [3.63, 3.8) is 0 Å². The Labute approximate surface area is 78.9 Å². The van der Waals surface area contributed by atoms with Crippen LogP contribution in [0.15, 0.2) is 6.20 Å². The van der Waals surface area contributed by atoms with Crippen molar-refractivity contribution in [3.8, 4) is 0 Å². The van der Waals surface area contributed by atoms with Crippen molar-refractivity contribution in [2.24, 2.45) is 0 Å². The number of methoxy groups -OCH3 is 1. The summed E-state index contributed by atoms with van der Waals surface area (Å²) in [6, 6.07) is 0. The minimum atomic E-state index is 0.835. The zero-order valence-corrected chi connectivity index (χ0v) is 8.36. The number of nitrogens with zero attached hydrogens (tertiary/aromatic N) is 3. The number of rotatable bonds is 6. The molecule has 0 bridgehead atoms. The quantitative estimate of drug-likeness (QED) is 0.623. The lowest BCUT2D eigenvalue weighted by atomic mass is 10.2. The Morgan fingerprint density at radius 2 is 2.31 bits per heavy atom. The summed E-state index contributed by atoms with van der Waals surface area (Å²) >= 11 is 0. The van der Waals surface area contributed by atoms with E-state index in [2.05, 4.69) is 17.2 Å². The van der Waals surface area contributed by atoms with Crippen LogP contribution in [-0.4, -0.2) is 28.7 Å². The third-order valence-corrected chi connectivity index (χ3v) is 1.94. The fraction of sp³-hybridized carbons (Fsp3) is 0.778. The van der Waals surface area contributed by atoms with Crippen LogP contribution in [0.1, 0.15) is 25.5 Å². The van der Waals surface area contributed by atoms with Crippen molar-refractivity contribution in [1.82, 2.24) is 15.0 Å². The second kappa shape index (κ2) is 5.70. The number of hydrogen-bond acceptors (Lipinski definition) is 3. The lowest BCUT2D eigenvalue weighted by Crippen LogP contribution is -1.93. The number of aryl methyl sites for hydroxylation is 2. The Hall–Kier alpha value is -0.900. The molecule has 4 heteroatoms. The average Bonchev–Trinajstić information content (AvgIpc) is 2.60. The van der Waals surface area contributed by atoms with Crippen LogP contribution < -0.4 is 0 Å². The van der Waals surface area contributed by atoms with E-state index in [1.54, 1.807) is 7.11 Å². The van der Waals surface area contributed by atoms with Crippen LogP contribution in [-0.2, 0) is 17.7 Å². The molecular weight excluding hydrogens is 166 g/mol. The molecule has 74 valence electrons. The molecule has 1 aromatic heterocycles. The van der Waals surface area contributed by atoms with E-state index in [0.717, 1.165) is 38.1 Å². The molecule has 0 atom stereocenters. The Morgan fingerprint density at radius 3 is 2.92 bits per heavy atom. The van der Waals surface area contributed by atoms with Crippen LogP contribution in [0.3, 0.4) is 0 Å². The van der Waals surface area contributed by atoms with Crippen LogP contribution in [0.5, 0.6) is 0 Å². The summed E-state index contributed by atoms with van der Waals surface area (Å²) in [6.07, 6.45) is 5.22. The summed E-state index contributed by atoms with van der Waals surface area (Å²) in [5, 5.41) is 8.03. The van der Waals surface area contributed by atoms with Gasteiger partial charge in [-0.25, -0.2) is 0 Å². The highest BCUT2D eigenvalue weighted by molar-refractivity contribution is 4.91. The van der Waals surface area contributed by atoms with Crippen LogP contribution in [0.4, 0.5) is 0 Å². The summed E-state index contributed by atoms with van der Waals surface area (Å²) in [7, 11) is 1.73. The van der Waals surface area contributed by atoms with Gasteiger partial charge in [0.25, 0.3) is 0 Å². The minimum Gasteiger partial charge on any atom is -0.385 e. The summed E-state index contributed by atoms with van der Waals surface area (Å²) in [6.45, 7) is 3.79. The Kier molecular flexibility index (Phi) is 4.46. The number of unbranched alkanes of at least 4 members (excludes halogenated alkanes) is 1. The second-order valence-electron chi connectivity index (χ2n) is 3.02. The summed E-state index contributed by atoms with van der Waals surface area (Å²) < 4.78 is 6.82. The van der Waals surface area contributed by atoms with Gasteiger partial charge in [-0.15, -0.1) is 5.10 Å². The third-order valence-electron chi connectivity index (χ3n) is 1.94. The van der Waals surface area contributed by atoms with Gasteiger partial charge in [0.15, 0.2) is 0 Å². The molecule has 1 heterocycles. The molecule has 0 radical (unpaired) electrons. The predicted octanol–water partition coefficient (Wildman–Crippen LogP) is 1.27. The number of hydrogen-bond donors (Lipinski definition) is 0. The monoisotopic (exact) mass is 183 g/mol. The van der Waals surface area contributed by atoms with Gasteiger partial charge in [0.2, 0.25) is 0 Å². The van der Waals surface area contributed by atoms with Crippen molar-refractivity contribution in [2.45, 2.75) is 32.7 Å². The molecule has 0 saturated heterocycles. The van der Waals surface area contributed by atoms with Gasteiger partial charge in [-0.3, -0.25) is 4.68 Å². The largest absolute Gasteiger partial charge is 0.385 e. The SMILES string of the molecule is CCn1cc(CCCCOC)nn1. The van der Waals surface area contributed by atoms with Crippen molar-refractivity contribution < 1.29 is 4.74 Å².